The lowest BCUT2D eigenvalue weighted by atomic mass is 9.95. The fourth-order valence-electron chi connectivity index (χ4n) is 2.52. The molecule has 1 fully saturated rings. The van der Waals surface area contributed by atoms with Crippen LogP contribution in [0.5, 0.6) is 0 Å². The molecule has 0 bridgehead atoms. The van der Waals surface area contributed by atoms with Crippen molar-refractivity contribution in [1.29, 1.82) is 0 Å². The van der Waals surface area contributed by atoms with Gasteiger partial charge in [0.15, 0.2) is 0 Å². The highest BCUT2D eigenvalue weighted by atomic mass is 19.4. The molecule has 0 saturated carbocycles. The second kappa shape index (κ2) is 6.43. The number of hydrogen-bond acceptors (Lipinski definition) is 3. The Bertz CT molecular complexity index is 486. The van der Waals surface area contributed by atoms with Gasteiger partial charge in [-0.2, -0.15) is 13.2 Å². The first-order valence-electron chi connectivity index (χ1n) is 6.85. The van der Waals surface area contributed by atoms with Crippen molar-refractivity contribution in [2.75, 3.05) is 19.7 Å². The molecule has 2 heterocycles. The van der Waals surface area contributed by atoms with Gasteiger partial charge in [0.05, 0.1) is 5.56 Å². The fourth-order valence-corrected chi connectivity index (χ4v) is 2.52. The van der Waals surface area contributed by atoms with Gasteiger partial charge in [0.25, 0.3) is 5.91 Å². The lowest BCUT2D eigenvalue weighted by molar-refractivity contribution is -0.137. The van der Waals surface area contributed by atoms with Crippen LogP contribution in [0.15, 0.2) is 18.3 Å². The number of aromatic nitrogens is 1. The summed E-state index contributed by atoms with van der Waals surface area (Å²) in [4.78, 5) is 17.5. The number of rotatable bonds is 3. The minimum absolute atomic E-state index is 0.0210. The van der Waals surface area contributed by atoms with E-state index < -0.39 is 11.7 Å². The van der Waals surface area contributed by atoms with E-state index in [1.165, 1.54) is 0 Å². The lowest BCUT2D eigenvalue weighted by Crippen LogP contribution is -2.40. The maximum absolute atomic E-state index is 12.5. The predicted octanol–water partition coefficient (Wildman–Crippen LogP) is 2.33. The molecule has 0 aliphatic carbocycles. The summed E-state index contributed by atoms with van der Waals surface area (Å²) in [5.41, 5.74) is -0.844. The highest BCUT2D eigenvalue weighted by Crippen LogP contribution is 2.28. The van der Waals surface area contributed by atoms with Crippen LogP contribution in [0.1, 0.15) is 35.3 Å². The molecule has 1 amide bonds. The summed E-state index contributed by atoms with van der Waals surface area (Å²) in [5, 5.41) is 8.94. The van der Waals surface area contributed by atoms with Crippen molar-refractivity contribution in [2.45, 2.75) is 25.4 Å². The first-order chi connectivity index (χ1) is 9.91. The average molecular weight is 302 g/mol. The topological polar surface area (TPSA) is 53.4 Å². The number of carbonyl (C=O) groups is 1. The van der Waals surface area contributed by atoms with E-state index in [-0.39, 0.29) is 24.1 Å². The van der Waals surface area contributed by atoms with E-state index in [9.17, 15) is 18.0 Å². The van der Waals surface area contributed by atoms with Crippen molar-refractivity contribution >= 4 is 5.91 Å². The van der Waals surface area contributed by atoms with Gasteiger partial charge in [0.1, 0.15) is 5.69 Å². The lowest BCUT2D eigenvalue weighted by Gasteiger charge is -2.32. The Morgan fingerprint density at radius 2 is 2.19 bits per heavy atom. The van der Waals surface area contributed by atoms with E-state index >= 15 is 0 Å². The van der Waals surface area contributed by atoms with Gasteiger partial charge in [-0.25, -0.2) is 0 Å². The number of likely N-dealkylation sites (tertiary alicyclic amines) is 1. The molecule has 1 unspecified atom stereocenters. The summed E-state index contributed by atoms with van der Waals surface area (Å²) < 4.78 is 37.4. The smallest absolute Gasteiger partial charge is 0.396 e. The third kappa shape index (κ3) is 3.93. The maximum Gasteiger partial charge on any atom is 0.417 e. The number of halogens is 3. The number of aliphatic hydroxyl groups is 1. The van der Waals surface area contributed by atoms with E-state index in [2.05, 4.69) is 4.98 Å². The van der Waals surface area contributed by atoms with Gasteiger partial charge in [0, 0.05) is 25.9 Å². The molecule has 0 radical (unpaired) electrons. The predicted molar refractivity (Wildman–Crippen MR) is 69.6 cm³/mol. The number of amides is 1. The van der Waals surface area contributed by atoms with E-state index in [1.54, 1.807) is 4.90 Å². The van der Waals surface area contributed by atoms with Crippen LogP contribution >= 0.6 is 0 Å². The van der Waals surface area contributed by atoms with Gasteiger partial charge in [0.2, 0.25) is 0 Å². The quantitative estimate of drug-likeness (QED) is 0.932. The molecule has 1 aliphatic rings. The molecule has 2 rings (SSSR count). The van der Waals surface area contributed by atoms with Crippen molar-refractivity contribution in [3.05, 3.63) is 29.6 Å². The van der Waals surface area contributed by atoms with E-state index in [4.69, 9.17) is 5.11 Å². The molecule has 1 N–H and O–H groups in total. The number of aliphatic hydroxyl groups excluding tert-OH is 1. The summed E-state index contributed by atoms with van der Waals surface area (Å²) in [5.74, 6) is -0.117. The summed E-state index contributed by atoms with van der Waals surface area (Å²) in [6.45, 7) is 1.16. The zero-order chi connectivity index (χ0) is 15.5. The van der Waals surface area contributed by atoms with Crippen LogP contribution in [0.3, 0.4) is 0 Å². The summed E-state index contributed by atoms with van der Waals surface area (Å²) in [6, 6.07) is 1.98. The molecular formula is C14H17F3N2O2. The van der Waals surface area contributed by atoms with E-state index in [0.717, 1.165) is 25.0 Å². The first-order valence-corrected chi connectivity index (χ1v) is 6.85. The standard InChI is InChI=1S/C14H17F3N2O2/c15-14(16,17)11-3-4-12(18-8-11)13(21)19-6-1-2-10(9-19)5-7-20/h3-4,8,10,20H,1-2,5-7,9H2. The fraction of sp³-hybridized carbons (Fsp3) is 0.571. The van der Waals surface area contributed by atoms with Crippen molar-refractivity contribution in [3.63, 3.8) is 0 Å². The van der Waals surface area contributed by atoms with Gasteiger partial charge in [-0.3, -0.25) is 9.78 Å². The molecule has 1 aromatic heterocycles. The third-order valence-electron chi connectivity index (χ3n) is 3.65. The molecule has 1 aliphatic heterocycles. The molecule has 1 aromatic rings. The van der Waals surface area contributed by atoms with Gasteiger partial charge in [-0.15, -0.1) is 0 Å². The SMILES string of the molecule is O=C(c1ccc(C(F)(F)F)cn1)N1CCCC(CCO)C1. The number of nitrogens with zero attached hydrogens (tertiary/aromatic N) is 2. The molecule has 1 atom stereocenters. The Hall–Kier alpha value is -1.63. The van der Waals surface area contributed by atoms with Crippen LogP contribution in [0.25, 0.3) is 0 Å². The second-order valence-electron chi connectivity index (χ2n) is 5.20. The molecule has 0 aromatic carbocycles. The van der Waals surface area contributed by atoms with Crippen LogP contribution < -0.4 is 0 Å². The molecule has 7 heteroatoms. The van der Waals surface area contributed by atoms with E-state index in [0.29, 0.717) is 25.7 Å². The molecule has 0 spiro atoms. The minimum atomic E-state index is -4.45. The number of pyridine rings is 1. The Balaban J connectivity index is 2.05. The summed E-state index contributed by atoms with van der Waals surface area (Å²) in [6.07, 6.45) is -1.36. The Kier molecular flexibility index (Phi) is 4.82. The number of piperidine rings is 1. The third-order valence-corrected chi connectivity index (χ3v) is 3.65. The average Bonchev–Trinajstić information content (AvgIpc) is 2.46. The highest BCUT2D eigenvalue weighted by Gasteiger charge is 2.31. The van der Waals surface area contributed by atoms with Crippen LogP contribution in [-0.4, -0.2) is 40.6 Å². The van der Waals surface area contributed by atoms with Crippen LogP contribution in [0.2, 0.25) is 0 Å². The minimum Gasteiger partial charge on any atom is -0.396 e. The Morgan fingerprint density at radius 1 is 1.43 bits per heavy atom. The monoisotopic (exact) mass is 302 g/mol. The van der Waals surface area contributed by atoms with Gasteiger partial charge in [-0.1, -0.05) is 0 Å². The number of carbonyl (C=O) groups excluding carboxylic acids is 1. The molecule has 21 heavy (non-hydrogen) atoms. The number of alkyl halides is 3. The van der Waals surface area contributed by atoms with Crippen LogP contribution in [0, 0.1) is 5.92 Å². The zero-order valence-corrected chi connectivity index (χ0v) is 11.4. The summed E-state index contributed by atoms with van der Waals surface area (Å²) in [7, 11) is 0. The van der Waals surface area contributed by atoms with Gasteiger partial charge in [-0.05, 0) is 37.3 Å². The number of hydrogen-bond donors (Lipinski definition) is 1. The first kappa shape index (κ1) is 15.8. The highest BCUT2D eigenvalue weighted by molar-refractivity contribution is 5.92. The maximum atomic E-state index is 12.5. The largest absolute Gasteiger partial charge is 0.417 e. The van der Waals surface area contributed by atoms with Gasteiger partial charge >= 0.3 is 6.18 Å². The van der Waals surface area contributed by atoms with Gasteiger partial charge < -0.3 is 10.0 Å². The molecule has 4 nitrogen and oxygen atoms in total. The van der Waals surface area contributed by atoms with E-state index in [1.807, 2.05) is 0 Å². The summed E-state index contributed by atoms with van der Waals surface area (Å²) >= 11 is 0. The zero-order valence-electron chi connectivity index (χ0n) is 11.4. The Labute approximate surface area is 120 Å². The molecule has 116 valence electrons. The second-order valence-corrected chi connectivity index (χ2v) is 5.20. The Morgan fingerprint density at radius 3 is 2.76 bits per heavy atom. The van der Waals surface area contributed by atoms with Crippen molar-refractivity contribution < 1.29 is 23.1 Å². The van der Waals surface area contributed by atoms with Crippen LogP contribution in [0.4, 0.5) is 13.2 Å². The molecule has 1 saturated heterocycles. The van der Waals surface area contributed by atoms with Crippen molar-refractivity contribution in [3.8, 4) is 0 Å². The van der Waals surface area contributed by atoms with Crippen molar-refractivity contribution in [1.82, 2.24) is 9.88 Å². The van der Waals surface area contributed by atoms with Crippen LogP contribution in [-0.2, 0) is 6.18 Å². The van der Waals surface area contributed by atoms with Crippen molar-refractivity contribution in [2.24, 2.45) is 5.92 Å². The molecular weight excluding hydrogens is 285 g/mol. The normalized spacial score (nSPS) is 19.6.